The van der Waals surface area contributed by atoms with Gasteiger partial charge in [0.05, 0.1) is 11.4 Å². The molecule has 2 atom stereocenters. The highest BCUT2D eigenvalue weighted by molar-refractivity contribution is 7.99. The van der Waals surface area contributed by atoms with Crippen LogP contribution in [0.5, 0.6) is 5.75 Å². The third-order valence-electron chi connectivity index (χ3n) is 4.33. The highest BCUT2D eigenvalue weighted by atomic mass is 32.2. The van der Waals surface area contributed by atoms with E-state index in [1.165, 1.54) is 31.0 Å². The van der Waals surface area contributed by atoms with Crippen LogP contribution < -0.4 is 5.32 Å². The highest BCUT2D eigenvalue weighted by Gasteiger charge is 2.23. The average Bonchev–Trinajstić information content (AvgIpc) is 3.04. The molecule has 24 heavy (non-hydrogen) atoms. The van der Waals surface area contributed by atoms with Crippen LogP contribution in [-0.4, -0.2) is 43.0 Å². The van der Waals surface area contributed by atoms with Gasteiger partial charge in [-0.05, 0) is 53.5 Å². The van der Waals surface area contributed by atoms with Crippen LogP contribution in [0.1, 0.15) is 32.6 Å². The van der Waals surface area contributed by atoms with Gasteiger partial charge in [-0.3, -0.25) is 4.79 Å². The standard InChI is InChI=1S/C16H21N5O2S/c1-11-4-2-3-5-14(11)17-15(23)10-24-16-18-19-20-21(16)12-6-8-13(22)9-7-12/h6-9,11,14,22H,2-5,10H2,1H3,(H,17,23)/t11-,14+/m1/s1. The van der Waals surface area contributed by atoms with E-state index in [0.717, 1.165) is 12.1 Å². The summed E-state index contributed by atoms with van der Waals surface area (Å²) in [4.78, 5) is 12.2. The molecule has 0 unspecified atom stereocenters. The Bertz CT molecular complexity index is 688. The first kappa shape index (κ1) is 16.8. The minimum atomic E-state index is 0.0130. The second kappa shape index (κ2) is 7.65. The first-order valence-corrected chi connectivity index (χ1v) is 9.12. The molecule has 1 amide bonds. The number of amides is 1. The van der Waals surface area contributed by atoms with Gasteiger partial charge in [0.2, 0.25) is 11.1 Å². The minimum absolute atomic E-state index is 0.0130. The van der Waals surface area contributed by atoms with Crippen molar-refractivity contribution in [1.29, 1.82) is 0 Å². The lowest BCUT2D eigenvalue weighted by atomic mass is 9.86. The molecule has 2 N–H and O–H groups in total. The molecule has 0 saturated heterocycles. The third-order valence-corrected chi connectivity index (χ3v) is 5.24. The number of phenols is 1. The Morgan fingerprint density at radius 2 is 2.08 bits per heavy atom. The van der Waals surface area contributed by atoms with E-state index in [9.17, 15) is 9.90 Å². The van der Waals surface area contributed by atoms with Gasteiger partial charge in [-0.15, -0.1) is 5.10 Å². The fourth-order valence-corrected chi connectivity index (χ4v) is 3.64. The van der Waals surface area contributed by atoms with E-state index in [1.807, 2.05) is 0 Å². The van der Waals surface area contributed by atoms with Gasteiger partial charge in [-0.2, -0.15) is 4.68 Å². The molecule has 8 heteroatoms. The number of rotatable bonds is 5. The van der Waals surface area contributed by atoms with E-state index in [0.29, 0.717) is 11.1 Å². The number of hydrogen-bond donors (Lipinski definition) is 2. The second-order valence-corrected chi connectivity index (χ2v) is 7.06. The van der Waals surface area contributed by atoms with Crippen molar-refractivity contribution in [2.75, 3.05) is 5.75 Å². The van der Waals surface area contributed by atoms with Crippen molar-refractivity contribution < 1.29 is 9.90 Å². The molecule has 1 heterocycles. The minimum Gasteiger partial charge on any atom is -0.508 e. The van der Waals surface area contributed by atoms with E-state index >= 15 is 0 Å². The van der Waals surface area contributed by atoms with Crippen LogP contribution in [0.3, 0.4) is 0 Å². The van der Waals surface area contributed by atoms with E-state index in [4.69, 9.17) is 0 Å². The van der Waals surface area contributed by atoms with Crippen molar-refractivity contribution in [3.8, 4) is 11.4 Å². The molecular weight excluding hydrogens is 326 g/mol. The third kappa shape index (κ3) is 4.05. The normalized spacial score (nSPS) is 20.7. The molecule has 3 rings (SSSR count). The van der Waals surface area contributed by atoms with Gasteiger partial charge in [0, 0.05) is 6.04 Å². The average molecular weight is 347 g/mol. The molecule has 0 bridgehead atoms. The summed E-state index contributed by atoms with van der Waals surface area (Å²) in [5.74, 6) is 1.01. The first-order chi connectivity index (χ1) is 11.6. The van der Waals surface area contributed by atoms with Crippen LogP contribution in [0, 0.1) is 5.92 Å². The lowest BCUT2D eigenvalue weighted by Crippen LogP contribution is -2.41. The molecule has 1 aromatic carbocycles. The summed E-state index contributed by atoms with van der Waals surface area (Å²) in [7, 11) is 0. The second-order valence-electron chi connectivity index (χ2n) is 6.11. The number of carbonyl (C=O) groups excluding carboxylic acids is 1. The maximum Gasteiger partial charge on any atom is 0.230 e. The summed E-state index contributed by atoms with van der Waals surface area (Å²) in [6.45, 7) is 2.20. The van der Waals surface area contributed by atoms with Gasteiger partial charge in [0.25, 0.3) is 0 Å². The van der Waals surface area contributed by atoms with Gasteiger partial charge < -0.3 is 10.4 Å². The van der Waals surface area contributed by atoms with Crippen molar-refractivity contribution in [3.05, 3.63) is 24.3 Å². The SMILES string of the molecule is C[C@@H]1CCCC[C@@H]1NC(=O)CSc1nnnn1-c1ccc(O)cc1. The predicted molar refractivity (Wildman–Crippen MR) is 91.1 cm³/mol. The van der Waals surface area contributed by atoms with Crippen LogP contribution in [-0.2, 0) is 4.79 Å². The van der Waals surface area contributed by atoms with Crippen molar-refractivity contribution >= 4 is 17.7 Å². The number of aromatic hydroxyl groups is 1. The van der Waals surface area contributed by atoms with Crippen molar-refractivity contribution in [2.45, 2.75) is 43.8 Å². The molecule has 1 aliphatic rings. The van der Waals surface area contributed by atoms with E-state index in [1.54, 1.807) is 28.9 Å². The Morgan fingerprint density at radius 3 is 2.83 bits per heavy atom. The molecule has 2 aromatic rings. The molecule has 0 aliphatic heterocycles. The number of hydrogen-bond acceptors (Lipinski definition) is 6. The molecule has 128 valence electrons. The fourth-order valence-electron chi connectivity index (χ4n) is 2.93. The maximum absolute atomic E-state index is 12.2. The van der Waals surface area contributed by atoms with E-state index in [-0.39, 0.29) is 23.5 Å². The quantitative estimate of drug-likeness (QED) is 0.805. The zero-order valence-corrected chi connectivity index (χ0v) is 14.4. The molecule has 1 aromatic heterocycles. The van der Waals surface area contributed by atoms with Crippen LogP contribution in [0.4, 0.5) is 0 Å². The molecule has 1 saturated carbocycles. The van der Waals surface area contributed by atoms with Gasteiger partial charge in [-0.1, -0.05) is 31.5 Å². The van der Waals surface area contributed by atoms with Crippen molar-refractivity contribution in [1.82, 2.24) is 25.5 Å². The van der Waals surface area contributed by atoms with Crippen molar-refractivity contribution in [2.24, 2.45) is 5.92 Å². The number of aromatic nitrogens is 4. The lowest BCUT2D eigenvalue weighted by molar-refractivity contribution is -0.119. The molecule has 0 spiro atoms. The van der Waals surface area contributed by atoms with Gasteiger partial charge in [-0.25, -0.2) is 0 Å². The molecule has 1 fully saturated rings. The van der Waals surface area contributed by atoms with E-state index in [2.05, 4.69) is 27.8 Å². The Kier molecular flexibility index (Phi) is 5.34. The zero-order chi connectivity index (χ0) is 16.9. The maximum atomic E-state index is 12.2. The number of carbonyl (C=O) groups is 1. The lowest BCUT2D eigenvalue weighted by Gasteiger charge is -2.29. The number of benzene rings is 1. The summed E-state index contributed by atoms with van der Waals surface area (Å²) in [6, 6.07) is 6.87. The number of tetrazole rings is 1. The number of phenolic OH excluding ortho intramolecular Hbond substituents is 1. The monoisotopic (exact) mass is 347 g/mol. The van der Waals surface area contributed by atoms with Crippen LogP contribution >= 0.6 is 11.8 Å². The molecular formula is C16H21N5O2S. The summed E-state index contributed by atoms with van der Waals surface area (Å²) in [5, 5.41) is 24.6. The predicted octanol–water partition coefficient (Wildman–Crippen LogP) is 2.15. The zero-order valence-electron chi connectivity index (χ0n) is 13.6. The van der Waals surface area contributed by atoms with Crippen LogP contribution in [0.25, 0.3) is 5.69 Å². The van der Waals surface area contributed by atoms with Crippen LogP contribution in [0.2, 0.25) is 0 Å². The van der Waals surface area contributed by atoms with Gasteiger partial charge in [0.15, 0.2) is 0 Å². The highest BCUT2D eigenvalue weighted by Crippen LogP contribution is 2.24. The largest absolute Gasteiger partial charge is 0.508 e. The fraction of sp³-hybridized carbons (Fsp3) is 0.500. The number of nitrogens with one attached hydrogen (secondary N) is 1. The summed E-state index contributed by atoms with van der Waals surface area (Å²) < 4.78 is 1.56. The molecule has 0 radical (unpaired) electrons. The van der Waals surface area contributed by atoms with Gasteiger partial charge >= 0.3 is 0 Å². The number of nitrogens with zero attached hydrogens (tertiary/aromatic N) is 4. The summed E-state index contributed by atoms with van der Waals surface area (Å²) >= 11 is 1.30. The Hall–Kier alpha value is -2.09. The summed E-state index contributed by atoms with van der Waals surface area (Å²) in [5.41, 5.74) is 0.738. The molecule has 1 aliphatic carbocycles. The summed E-state index contributed by atoms with van der Waals surface area (Å²) in [6.07, 6.45) is 4.67. The topological polar surface area (TPSA) is 92.9 Å². The Balaban J connectivity index is 1.58. The Labute approximate surface area is 144 Å². The Morgan fingerprint density at radius 1 is 1.33 bits per heavy atom. The first-order valence-electron chi connectivity index (χ1n) is 8.13. The van der Waals surface area contributed by atoms with Crippen molar-refractivity contribution in [3.63, 3.8) is 0 Å². The van der Waals surface area contributed by atoms with Gasteiger partial charge in [0.1, 0.15) is 5.75 Å². The van der Waals surface area contributed by atoms with Crippen LogP contribution in [0.15, 0.2) is 29.4 Å². The molecule has 7 nitrogen and oxygen atoms in total. The number of thioether (sulfide) groups is 1. The smallest absolute Gasteiger partial charge is 0.230 e. The van der Waals surface area contributed by atoms with E-state index < -0.39 is 0 Å².